The maximum atomic E-state index is 13.5. The number of para-hydroxylation sites is 1. The van der Waals surface area contributed by atoms with Gasteiger partial charge < -0.3 is 18.7 Å². The van der Waals surface area contributed by atoms with E-state index in [1.165, 1.54) is 23.4 Å². The van der Waals surface area contributed by atoms with E-state index in [0.29, 0.717) is 23.5 Å². The fourth-order valence-corrected chi connectivity index (χ4v) is 4.09. The van der Waals surface area contributed by atoms with Crippen molar-refractivity contribution in [2.45, 2.75) is 18.6 Å². The average molecular weight is 481 g/mol. The van der Waals surface area contributed by atoms with Crippen LogP contribution in [0, 0.1) is 0 Å². The zero-order valence-corrected chi connectivity index (χ0v) is 17.7. The first-order valence-electron chi connectivity index (χ1n) is 10.4. The van der Waals surface area contributed by atoms with Gasteiger partial charge >= 0.3 is 18.0 Å². The van der Waals surface area contributed by atoms with Crippen LogP contribution in [-0.2, 0) is 12.6 Å². The van der Waals surface area contributed by atoms with Gasteiger partial charge in [0.1, 0.15) is 16.8 Å². The van der Waals surface area contributed by atoms with Crippen LogP contribution in [0.1, 0.15) is 39.6 Å². The van der Waals surface area contributed by atoms with Crippen LogP contribution in [0.4, 0.5) is 13.2 Å². The van der Waals surface area contributed by atoms with E-state index in [-0.39, 0.29) is 29.7 Å². The summed E-state index contributed by atoms with van der Waals surface area (Å²) in [5.41, 5.74) is 0.174. The van der Waals surface area contributed by atoms with E-state index in [1.807, 2.05) is 0 Å². The molecule has 0 aliphatic carbocycles. The van der Waals surface area contributed by atoms with Gasteiger partial charge in [-0.2, -0.15) is 13.2 Å². The minimum absolute atomic E-state index is 0.0177. The molecule has 1 aliphatic heterocycles. The Morgan fingerprint density at radius 3 is 2.77 bits per heavy atom. The van der Waals surface area contributed by atoms with Crippen LogP contribution in [0.15, 0.2) is 57.8 Å². The highest BCUT2D eigenvalue weighted by Gasteiger charge is 2.41. The number of H-pyrrole nitrogens is 1. The number of rotatable bonds is 3. The molecule has 176 valence electrons. The monoisotopic (exact) mass is 481 g/mol. The third-order valence-electron chi connectivity index (χ3n) is 5.65. The van der Waals surface area contributed by atoms with Crippen molar-refractivity contribution < 1.29 is 26.8 Å². The summed E-state index contributed by atoms with van der Waals surface area (Å²) in [6.45, 7) is 0.174. The van der Waals surface area contributed by atoms with Crippen LogP contribution < -0.4 is 0 Å². The summed E-state index contributed by atoms with van der Waals surface area (Å²) in [5.74, 6) is -0.977. The first-order chi connectivity index (χ1) is 16.9. The summed E-state index contributed by atoms with van der Waals surface area (Å²) < 4.78 is 51.8. The summed E-state index contributed by atoms with van der Waals surface area (Å²) in [7, 11) is 0. The van der Waals surface area contributed by atoms with Crippen LogP contribution in [0.2, 0.25) is 0 Å². The average Bonchev–Trinajstić information content (AvgIpc) is 3.61. The summed E-state index contributed by atoms with van der Waals surface area (Å²) in [4.78, 5) is 30.4. The van der Waals surface area contributed by atoms with E-state index in [0.717, 1.165) is 6.07 Å². The molecule has 1 atom stereocenters. The molecule has 1 aliphatic rings. The Bertz CT molecular complexity index is 1540. The number of oxazole rings is 1. The number of nitrogens with zero attached hydrogens (tertiary/aromatic N) is 6. The number of halogens is 3. The highest BCUT2D eigenvalue weighted by Crippen LogP contribution is 2.39. The molecule has 0 saturated carbocycles. The third-order valence-corrected chi connectivity index (χ3v) is 5.65. The minimum atomic E-state index is -4.64. The Morgan fingerprint density at radius 1 is 1.09 bits per heavy atom. The minimum Gasteiger partial charge on any atom is -0.437 e. The second kappa shape index (κ2) is 7.75. The molecular weight excluding hydrogens is 467 g/mol. The number of aromatic nitrogens is 6. The van der Waals surface area contributed by atoms with Crippen molar-refractivity contribution in [3.63, 3.8) is 0 Å². The molecule has 6 rings (SSSR count). The molecule has 35 heavy (non-hydrogen) atoms. The summed E-state index contributed by atoms with van der Waals surface area (Å²) in [6, 6.07) is 7.71. The Labute approximate surface area is 193 Å². The van der Waals surface area contributed by atoms with Gasteiger partial charge in [-0.05, 0) is 24.3 Å². The smallest absolute Gasteiger partial charge is 0.420 e. The normalized spacial score (nSPS) is 16.0. The molecular formula is C22H14F3N7O3. The highest BCUT2D eigenvalue weighted by atomic mass is 19.4. The van der Waals surface area contributed by atoms with Crippen molar-refractivity contribution in [1.82, 2.24) is 35.0 Å². The summed E-state index contributed by atoms with van der Waals surface area (Å²) >= 11 is 0. The lowest BCUT2D eigenvalue weighted by molar-refractivity contribution is -0.136. The van der Waals surface area contributed by atoms with Crippen LogP contribution in [-0.4, -0.2) is 47.5 Å². The SMILES string of the molecule is O=C(c1nnc(-c2ccccn2)o1)N1CCc2nc[nH]c2[C@H]1c1nc2cccc(C(F)(F)F)c2o1. The zero-order valence-electron chi connectivity index (χ0n) is 17.7. The first-order valence-corrected chi connectivity index (χ1v) is 10.4. The number of nitrogens with one attached hydrogen (secondary N) is 1. The van der Waals surface area contributed by atoms with Gasteiger partial charge in [-0.1, -0.05) is 12.1 Å². The lowest BCUT2D eigenvalue weighted by Crippen LogP contribution is -2.41. The molecule has 0 unspecified atom stereocenters. The second-order valence-electron chi connectivity index (χ2n) is 7.75. The van der Waals surface area contributed by atoms with E-state index >= 15 is 0 Å². The Kier molecular flexibility index (Phi) is 4.65. The number of pyridine rings is 1. The Balaban J connectivity index is 1.42. The third kappa shape index (κ3) is 3.52. The molecule has 5 aromatic rings. The predicted molar refractivity (Wildman–Crippen MR) is 112 cm³/mol. The molecule has 5 heterocycles. The molecule has 13 heteroatoms. The Morgan fingerprint density at radius 2 is 1.97 bits per heavy atom. The van der Waals surface area contributed by atoms with Crippen molar-refractivity contribution in [3.8, 4) is 11.6 Å². The van der Waals surface area contributed by atoms with Crippen molar-refractivity contribution in [2.24, 2.45) is 0 Å². The van der Waals surface area contributed by atoms with Crippen molar-refractivity contribution in [2.75, 3.05) is 6.54 Å². The summed E-state index contributed by atoms with van der Waals surface area (Å²) in [5, 5.41) is 7.75. The standard InChI is InChI=1S/C22H14F3N7O3/c23-22(24,25)11-4-3-6-13-17(11)34-19(29-13)16-15-12(27-10-28-15)7-9-32(16)21(33)20-31-30-18(35-20)14-5-1-2-8-26-14/h1-6,8,10,16H,7,9H2,(H,27,28)/t16-/m0/s1. The Hall–Kier alpha value is -4.55. The van der Waals surface area contributed by atoms with E-state index in [2.05, 4.69) is 30.1 Å². The van der Waals surface area contributed by atoms with Crippen LogP contribution in [0.3, 0.4) is 0 Å². The van der Waals surface area contributed by atoms with Gasteiger partial charge in [-0.3, -0.25) is 9.78 Å². The molecule has 0 saturated heterocycles. The fraction of sp³-hybridized carbons (Fsp3) is 0.182. The number of hydrogen-bond donors (Lipinski definition) is 1. The summed E-state index contributed by atoms with van der Waals surface area (Å²) in [6.07, 6.45) is -1.25. The number of carbonyl (C=O) groups excluding carboxylic acids is 1. The lowest BCUT2D eigenvalue weighted by atomic mass is 10.0. The molecule has 0 fully saturated rings. The van der Waals surface area contributed by atoms with Crippen LogP contribution in [0.5, 0.6) is 0 Å². The number of fused-ring (bicyclic) bond motifs is 2. The van der Waals surface area contributed by atoms with Crippen molar-refractivity contribution >= 4 is 17.0 Å². The highest BCUT2D eigenvalue weighted by molar-refractivity contribution is 5.90. The van der Waals surface area contributed by atoms with Gasteiger partial charge in [-0.25, -0.2) is 9.97 Å². The molecule has 1 N–H and O–H groups in total. The molecule has 0 spiro atoms. The van der Waals surface area contributed by atoms with E-state index in [1.54, 1.807) is 24.4 Å². The molecule has 1 aromatic carbocycles. The first kappa shape index (κ1) is 21.0. The number of aromatic amines is 1. The van der Waals surface area contributed by atoms with Crippen molar-refractivity contribution in [3.05, 3.63) is 77.7 Å². The zero-order chi connectivity index (χ0) is 24.2. The van der Waals surface area contributed by atoms with Gasteiger partial charge in [0, 0.05) is 19.2 Å². The molecule has 0 bridgehead atoms. The number of alkyl halides is 3. The van der Waals surface area contributed by atoms with Crippen LogP contribution >= 0.6 is 0 Å². The van der Waals surface area contributed by atoms with Gasteiger partial charge in [0.15, 0.2) is 11.6 Å². The molecule has 1 amide bonds. The van der Waals surface area contributed by atoms with Gasteiger partial charge in [-0.15, -0.1) is 10.2 Å². The predicted octanol–water partition coefficient (Wildman–Crippen LogP) is 3.80. The lowest BCUT2D eigenvalue weighted by Gasteiger charge is -2.32. The number of carbonyl (C=O) groups is 1. The number of imidazole rings is 1. The number of amides is 1. The van der Waals surface area contributed by atoms with E-state index in [4.69, 9.17) is 8.83 Å². The molecule has 0 radical (unpaired) electrons. The van der Waals surface area contributed by atoms with Gasteiger partial charge in [0.2, 0.25) is 5.89 Å². The molecule has 4 aromatic heterocycles. The second-order valence-corrected chi connectivity index (χ2v) is 7.75. The fourth-order valence-electron chi connectivity index (χ4n) is 4.09. The topological polar surface area (TPSA) is 127 Å². The van der Waals surface area contributed by atoms with E-state index < -0.39 is 29.3 Å². The maximum absolute atomic E-state index is 13.5. The van der Waals surface area contributed by atoms with Crippen molar-refractivity contribution in [1.29, 1.82) is 0 Å². The molecule has 10 nitrogen and oxygen atoms in total. The maximum Gasteiger partial charge on any atom is 0.420 e. The number of benzene rings is 1. The largest absolute Gasteiger partial charge is 0.437 e. The van der Waals surface area contributed by atoms with Gasteiger partial charge in [0.25, 0.3) is 5.89 Å². The van der Waals surface area contributed by atoms with Gasteiger partial charge in [0.05, 0.1) is 17.7 Å². The quantitative estimate of drug-likeness (QED) is 0.412. The van der Waals surface area contributed by atoms with E-state index in [9.17, 15) is 18.0 Å². The van der Waals surface area contributed by atoms with Crippen LogP contribution in [0.25, 0.3) is 22.7 Å². The number of hydrogen-bond acceptors (Lipinski definition) is 8.